The first-order valence-corrected chi connectivity index (χ1v) is 4.68. The van der Waals surface area contributed by atoms with E-state index in [9.17, 15) is 4.79 Å². The molecular formula is C11H15NO2. The van der Waals surface area contributed by atoms with Gasteiger partial charge in [-0.3, -0.25) is 0 Å². The predicted octanol–water partition coefficient (Wildman–Crippen LogP) is 1.97. The van der Waals surface area contributed by atoms with Crippen LogP contribution in [0.5, 0.6) is 0 Å². The average molecular weight is 193 g/mol. The third-order valence-corrected chi connectivity index (χ3v) is 2.29. The molecule has 0 aromatic heterocycles. The minimum Gasteiger partial charge on any atom is -0.478 e. The van der Waals surface area contributed by atoms with Crippen molar-refractivity contribution in [2.45, 2.75) is 26.3 Å². The molecule has 0 heterocycles. The molecule has 76 valence electrons. The maximum Gasteiger partial charge on any atom is 0.335 e. The highest BCUT2D eigenvalue weighted by Crippen LogP contribution is 2.20. The van der Waals surface area contributed by atoms with Crippen LogP contribution in [-0.2, 0) is 6.42 Å². The van der Waals surface area contributed by atoms with E-state index in [0.717, 1.165) is 11.1 Å². The summed E-state index contributed by atoms with van der Waals surface area (Å²) < 4.78 is 0. The molecule has 14 heavy (non-hydrogen) atoms. The second-order valence-electron chi connectivity index (χ2n) is 3.32. The highest BCUT2D eigenvalue weighted by molar-refractivity contribution is 5.89. The molecule has 0 amide bonds. The van der Waals surface area contributed by atoms with Crippen molar-refractivity contribution < 1.29 is 9.90 Å². The minimum absolute atomic E-state index is 0.121. The van der Waals surface area contributed by atoms with Crippen molar-refractivity contribution in [2.75, 3.05) is 0 Å². The number of hydrogen-bond acceptors (Lipinski definition) is 2. The second kappa shape index (κ2) is 4.24. The lowest BCUT2D eigenvalue weighted by Gasteiger charge is -2.13. The molecule has 1 rings (SSSR count). The Kier molecular flexibility index (Phi) is 3.25. The summed E-state index contributed by atoms with van der Waals surface area (Å²) in [6, 6.07) is 5.12. The van der Waals surface area contributed by atoms with Gasteiger partial charge in [0.2, 0.25) is 0 Å². The zero-order valence-electron chi connectivity index (χ0n) is 8.45. The molecule has 1 unspecified atom stereocenters. The molecule has 0 aliphatic heterocycles. The van der Waals surface area contributed by atoms with Crippen LogP contribution < -0.4 is 5.73 Å². The minimum atomic E-state index is -0.885. The highest BCUT2D eigenvalue weighted by atomic mass is 16.4. The van der Waals surface area contributed by atoms with Crippen molar-refractivity contribution in [3.05, 3.63) is 34.9 Å². The lowest BCUT2D eigenvalue weighted by atomic mass is 9.95. The fraction of sp³-hybridized carbons (Fsp3) is 0.364. The second-order valence-corrected chi connectivity index (χ2v) is 3.32. The van der Waals surface area contributed by atoms with E-state index in [1.807, 2.05) is 19.9 Å². The van der Waals surface area contributed by atoms with E-state index < -0.39 is 5.97 Å². The van der Waals surface area contributed by atoms with Crippen LogP contribution in [-0.4, -0.2) is 11.1 Å². The third kappa shape index (κ3) is 1.93. The Morgan fingerprint density at radius 2 is 2.21 bits per heavy atom. The van der Waals surface area contributed by atoms with E-state index >= 15 is 0 Å². The fourth-order valence-electron chi connectivity index (χ4n) is 1.63. The molecule has 0 radical (unpaired) electrons. The molecule has 3 nitrogen and oxygen atoms in total. The van der Waals surface area contributed by atoms with Crippen LogP contribution in [0, 0.1) is 0 Å². The van der Waals surface area contributed by atoms with Gasteiger partial charge < -0.3 is 10.8 Å². The number of carboxylic acid groups (broad SMARTS) is 1. The van der Waals surface area contributed by atoms with Gasteiger partial charge in [0.05, 0.1) is 5.56 Å². The molecule has 0 saturated carbocycles. The summed E-state index contributed by atoms with van der Waals surface area (Å²) >= 11 is 0. The van der Waals surface area contributed by atoms with Crippen LogP contribution in [0.1, 0.15) is 41.4 Å². The number of aromatic carboxylic acids is 1. The Morgan fingerprint density at radius 1 is 1.57 bits per heavy atom. The van der Waals surface area contributed by atoms with Crippen molar-refractivity contribution in [3.8, 4) is 0 Å². The topological polar surface area (TPSA) is 63.3 Å². The summed E-state index contributed by atoms with van der Waals surface area (Å²) in [6.07, 6.45) is 0.694. The molecule has 1 aromatic rings. The summed E-state index contributed by atoms with van der Waals surface area (Å²) in [6.45, 7) is 3.80. The molecule has 0 aliphatic carbocycles. The summed E-state index contributed by atoms with van der Waals surface area (Å²) in [5, 5.41) is 8.96. The Morgan fingerprint density at radius 3 is 2.64 bits per heavy atom. The van der Waals surface area contributed by atoms with Crippen LogP contribution in [0.3, 0.4) is 0 Å². The van der Waals surface area contributed by atoms with E-state index in [-0.39, 0.29) is 6.04 Å². The maximum absolute atomic E-state index is 10.9. The Hall–Kier alpha value is -1.35. The summed E-state index contributed by atoms with van der Waals surface area (Å²) in [5.41, 5.74) is 7.90. The molecule has 0 aliphatic rings. The molecule has 0 bridgehead atoms. The van der Waals surface area contributed by atoms with Crippen molar-refractivity contribution in [1.29, 1.82) is 0 Å². The first kappa shape index (κ1) is 10.7. The average Bonchev–Trinajstić information content (AvgIpc) is 2.16. The van der Waals surface area contributed by atoms with Gasteiger partial charge in [-0.1, -0.05) is 19.1 Å². The van der Waals surface area contributed by atoms with Gasteiger partial charge in [-0.2, -0.15) is 0 Å². The van der Waals surface area contributed by atoms with Crippen LogP contribution in [0.25, 0.3) is 0 Å². The first-order valence-electron chi connectivity index (χ1n) is 4.68. The third-order valence-electron chi connectivity index (χ3n) is 2.29. The van der Waals surface area contributed by atoms with Crippen molar-refractivity contribution in [1.82, 2.24) is 0 Å². The highest BCUT2D eigenvalue weighted by Gasteiger charge is 2.13. The lowest BCUT2D eigenvalue weighted by molar-refractivity contribution is 0.0695. The van der Waals surface area contributed by atoms with E-state index in [1.165, 1.54) is 0 Å². The van der Waals surface area contributed by atoms with E-state index in [4.69, 9.17) is 10.8 Å². The quantitative estimate of drug-likeness (QED) is 0.771. The molecule has 3 heteroatoms. The smallest absolute Gasteiger partial charge is 0.335 e. The Labute approximate surface area is 83.6 Å². The summed E-state index contributed by atoms with van der Waals surface area (Å²) in [7, 11) is 0. The van der Waals surface area contributed by atoms with Crippen molar-refractivity contribution in [2.24, 2.45) is 5.73 Å². The van der Waals surface area contributed by atoms with Gasteiger partial charge in [0.1, 0.15) is 0 Å². The normalized spacial score (nSPS) is 12.5. The number of carboxylic acids is 1. The summed E-state index contributed by atoms with van der Waals surface area (Å²) in [4.78, 5) is 10.9. The van der Waals surface area contributed by atoms with Crippen LogP contribution in [0.4, 0.5) is 0 Å². The SMILES string of the molecule is CCc1c(C(=O)O)cccc1C(C)N. The summed E-state index contributed by atoms with van der Waals surface area (Å²) in [5.74, 6) is -0.885. The number of benzene rings is 1. The number of hydrogen-bond donors (Lipinski definition) is 2. The van der Waals surface area contributed by atoms with Gasteiger partial charge in [-0.25, -0.2) is 4.79 Å². The molecule has 0 fully saturated rings. The van der Waals surface area contributed by atoms with Crippen LogP contribution in [0.2, 0.25) is 0 Å². The number of carbonyl (C=O) groups is 1. The van der Waals surface area contributed by atoms with Crippen molar-refractivity contribution in [3.63, 3.8) is 0 Å². The fourth-order valence-corrected chi connectivity index (χ4v) is 1.63. The number of nitrogens with two attached hydrogens (primary N) is 1. The first-order chi connectivity index (χ1) is 6.57. The molecule has 3 N–H and O–H groups in total. The monoisotopic (exact) mass is 193 g/mol. The molecule has 0 saturated heterocycles. The van der Waals surface area contributed by atoms with E-state index in [2.05, 4.69) is 0 Å². The van der Waals surface area contributed by atoms with Gasteiger partial charge in [0.15, 0.2) is 0 Å². The lowest BCUT2D eigenvalue weighted by Crippen LogP contribution is -2.12. The largest absolute Gasteiger partial charge is 0.478 e. The predicted molar refractivity (Wildman–Crippen MR) is 55.4 cm³/mol. The van der Waals surface area contributed by atoms with Gasteiger partial charge in [-0.05, 0) is 30.5 Å². The zero-order chi connectivity index (χ0) is 10.7. The zero-order valence-corrected chi connectivity index (χ0v) is 8.45. The molecule has 1 aromatic carbocycles. The van der Waals surface area contributed by atoms with Gasteiger partial charge >= 0.3 is 5.97 Å². The molecule has 0 spiro atoms. The van der Waals surface area contributed by atoms with Crippen LogP contribution >= 0.6 is 0 Å². The standard InChI is InChI=1S/C11H15NO2/c1-3-8-9(7(2)12)5-4-6-10(8)11(13)14/h4-7H,3,12H2,1-2H3,(H,13,14). The molecular weight excluding hydrogens is 178 g/mol. The van der Waals surface area contributed by atoms with Gasteiger partial charge in [0.25, 0.3) is 0 Å². The van der Waals surface area contributed by atoms with E-state index in [0.29, 0.717) is 12.0 Å². The van der Waals surface area contributed by atoms with Gasteiger partial charge in [0, 0.05) is 6.04 Å². The molecule has 1 atom stereocenters. The number of rotatable bonds is 3. The van der Waals surface area contributed by atoms with E-state index in [1.54, 1.807) is 12.1 Å². The maximum atomic E-state index is 10.9. The Bertz CT molecular complexity index is 345. The van der Waals surface area contributed by atoms with Gasteiger partial charge in [-0.15, -0.1) is 0 Å². The van der Waals surface area contributed by atoms with Crippen molar-refractivity contribution >= 4 is 5.97 Å². The van der Waals surface area contributed by atoms with Crippen LogP contribution in [0.15, 0.2) is 18.2 Å². The Balaban J connectivity index is 3.32.